The van der Waals surface area contributed by atoms with E-state index in [0.29, 0.717) is 6.42 Å². The second-order valence-corrected chi connectivity index (χ2v) is 6.56. The maximum absolute atomic E-state index is 11.8. The van der Waals surface area contributed by atoms with Crippen LogP contribution in [0.3, 0.4) is 0 Å². The summed E-state index contributed by atoms with van der Waals surface area (Å²) in [4.78, 5) is 42.5. The van der Waals surface area contributed by atoms with Gasteiger partial charge in [0.1, 0.15) is 11.2 Å². The Kier molecular flexibility index (Phi) is 7.16. The van der Waals surface area contributed by atoms with E-state index in [1.807, 2.05) is 0 Å². The Morgan fingerprint density at radius 2 is 1.35 bits per heavy atom. The highest BCUT2D eigenvalue weighted by Crippen LogP contribution is 2.16. The van der Waals surface area contributed by atoms with Crippen LogP contribution in [0, 0.1) is 5.92 Å². The fourth-order valence-corrected chi connectivity index (χ4v) is 1.04. The van der Waals surface area contributed by atoms with Crippen molar-refractivity contribution in [3.63, 3.8) is 0 Å². The van der Waals surface area contributed by atoms with Crippen molar-refractivity contribution in [2.45, 2.75) is 72.5 Å². The number of carbonyl (C=O) groups excluding carboxylic acids is 2. The van der Waals surface area contributed by atoms with E-state index < -0.39 is 29.1 Å². The topological polar surface area (TPSA) is 71.1 Å². The first kappa shape index (κ1) is 18.9. The third kappa shape index (κ3) is 9.75. The Bertz CT molecular complexity index is 324. The van der Waals surface area contributed by atoms with Crippen LogP contribution in [0.5, 0.6) is 0 Å². The lowest BCUT2D eigenvalue weighted by atomic mass is 10.0. The summed E-state index contributed by atoms with van der Waals surface area (Å²) in [7, 11) is 0. The highest BCUT2D eigenvalue weighted by atomic mass is 17.2. The third-order valence-corrected chi connectivity index (χ3v) is 2.00. The normalized spacial score (nSPS) is 13.8. The second kappa shape index (κ2) is 7.59. The molecule has 6 nitrogen and oxygen atoms in total. The maximum Gasteiger partial charge on any atom is 0.346 e. The summed E-state index contributed by atoms with van der Waals surface area (Å²) in [6, 6.07) is 0. The molecule has 0 bridgehead atoms. The van der Waals surface area contributed by atoms with Gasteiger partial charge in [0.05, 0.1) is 12.3 Å². The summed E-state index contributed by atoms with van der Waals surface area (Å²) in [5.41, 5.74) is -1.18. The van der Waals surface area contributed by atoms with E-state index in [2.05, 4.69) is 4.89 Å². The zero-order valence-electron chi connectivity index (χ0n) is 13.4. The van der Waals surface area contributed by atoms with Crippen molar-refractivity contribution >= 4 is 11.9 Å². The van der Waals surface area contributed by atoms with Gasteiger partial charge in [-0.25, -0.2) is 9.59 Å². The van der Waals surface area contributed by atoms with Gasteiger partial charge in [-0.1, -0.05) is 6.92 Å². The van der Waals surface area contributed by atoms with Crippen molar-refractivity contribution in [3.8, 4) is 0 Å². The molecule has 6 heteroatoms. The van der Waals surface area contributed by atoms with Gasteiger partial charge in [0.25, 0.3) is 0 Å². The van der Waals surface area contributed by atoms with Crippen LogP contribution in [0.2, 0.25) is 0 Å². The van der Waals surface area contributed by atoms with Crippen molar-refractivity contribution in [1.29, 1.82) is 0 Å². The van der Waals surface area contributed by atoms with E-state index in [9.17, 15) is 9.59 Å². The van der Waals surface area contributed by atoms with Crippen LogP contribution in [-0.2, 0) is 29.1 Å². The molecule has 0 heterocycles. The van der Waals surface area contributed by atoms with E-state index in [1.165, 1.54) is 0 Å². The van der Waals surface area contributed by atoms with Gasteiger partial charge in [0.2, 0.25) is 0 Å². The predicted molar refractivity (Wildman–Crippen MR) is 72.3 cm³/mol. The molecule has 1 unspecified atom stereocenters. The molecular weight excluding hydrogens is 264 g/mol. The first-order valence-corrected chi connectivity index (χ1v) is 6.72. The third-order valence-electron chi connectivity index (χ3n) is 2.00. The molecule has 0 aliphatic carbocycles. The largest absolute Gasteiger partial charge is 0.346 e. The highest BCUT2D eigenvalue weighted by Gasteiger charge is 2.26. The first-order valence-electron chi connectivity index (χ1n) is 6.72. The van der Waals surface area contributed by atoms with Gasteiger partial charge >= 0.3 is 11.9 Å². The van der Waals surface area contributed by atoms with Gasteiger partial charge < -0.3 is 0 Å². The summed E-state index contributed by atoms with van der Waals surface area (Å²) < 4.78 is 0. The van der Waals surface area contributed by atoms with Gasteiger partial charge in [-0.15, -0.1) is 0 Å². The van der Waals surface area contributed by atoms with Crippen LogP contribution in [0.4, 0.5) is 0 Å². The Balaban J connectivity index is 4.26. The summed E-state index contributed by atoms with van der Waals surface area (Å²) in [6.45, 7) is 12.3. The van der Waals surface area contributed by atoms with E-state index >= 15 is 0 Å². The molecule has 0 aromatic heterocycles. The molecule has 0 amide bonds. The molecule has 0 saturated heterocycles. The van der Waals surface area contributed by atoms with Crippen LogP contribution in [0.25, 0.3) is 0 Å². The molecule has 0 aromatic carbocycles. The average Bonchev–Trinajstić information content (AvgIpc) is 2.28. The smallest absolute Gasteiger partial charge is 0.298 e. The second-order valence-electron chi connectivity index (χ2n) is 6.56. The highest BCUT2D eigenvalue weighted by molar-refractivity contribution is 5.79. The van der Waals surface area contributed by atoms with Crippen LogP contribution in [0.15, 0.2) is 0 Å². The molecule has 118 valence electrons. The molecule has 0 N–H and O–H groups in total. The monoisotopic (exact) mass is 290 g/mol. The Hall–Kier alpha value is -1.14. The summed E-state index contributed by atoms with van der Waals surface area (Å²) in [5, 5.41) is 0. The van der Waals surface area contributed by atoms with Crippen LogP contribution < -0.4 is 0 Å². The molecule has 1 atom stereocenters. The van der Waals surface area contributed by atoms with Crippen molar-refractivity contribution in [1.82, 2.24) is 0 Å². The quantitative estimate of drug-likeness (QED) is 0.553. The zero-order chi connectivity index (χ0) is 16.0. The van der Waals surface area contributed by atoms with E-state index in [0.717, 1.165) is 0 Å². The fourth-order valence-electron chi connectivity index (χ4n) is 1.04. The number of hydrogen-bond acceptors (Lipinski definition) is 6. The zero-order valence-corrected chi connectivity index (χ0v) is 13.4. The molecule has 20 heavy (non-hydrogen) atoms. The standard InChI is InChI=1S/C14H26O6/c1-8-10(12(16)18-20-14(5,6)7)9-11(15)17-19-13(2,3)4/h10H,8-9H2,1-7H3. The van der Waals surface area contributed by atoms with E-state index in [-0.39, 0.29) is 6.42 Å². The SMILES string of the molecule is CCC(CC(=O)OOC(C)(C)C)C(=O)OOC(C)(C)C. The Labute approximate surface area is 120 Å². The molecule has 0 rings (SSSR count). The maximum atomic E-state index is 11.8. The lowest BCUT2D eigenvalue weighted by molar-refractivity contribution is -0.327. The van der Waals surface area contributed by atoms with E-state index in [4.69, 9.17) is 14.7 Å². The van der Waals surface area contributed by atoms with Gasteiger partial charge in [0, 0.05) is 0 Å². The van der Waals surface area contributed by atoms with Gasteiger partial charge in [-0.3, -0.25) is 9.78 Å². The lowest BCUT2D eigenvalue weighted by Gasteiger charge is -2.20. The minimum atomic E-state index is -0.617. The molecule has 0 aliphatic heterocycles. The summed E-state index contributed by atoms with van der Waals surface area (Å²) >= 11 is 0. The van der Waals surface area contributed by atoms with Crippen LogP contribution >= 0.6 is 0 Å². The van der Waals surface area contributed by atoms with Crippen molar-refractivity contribution in [2.75, 3.05) is 0 Å². The number of hydrogen-bond donors (Lipinski definition) is 0. The molecule has 0 aliphatic rings. The Morgan fingerprint density at radius 1 is 0.900 bits per heavy atom. The molecule has 0 saturated carbocycles. The van der Waals surface area contributed by atoms with E-state index in [1.54, 1.807) is 48.5 Å². The van der Waals surface area contributed by atoms with Crippen molar-refractivity contribution in [3.05, 3.63) is 0 Å². The van der Waals surface area contributed by atoms with Crippen LogP contribution in [-0.4, -0.2) is 23.1 Å². The number of carbonyl (C=O) groups is 2. The molecule has 0 radical (unpaired) electrons. The predicted octanol–water partition coefficient (Wildman–Crippen LogP) is 2.95. The summed E-state index contributed by atoms with van der Waals surface area (Å²) in [6.07, 6.45) is 0.329. The van der Waals surface area contributed by atoms with Gasteiger partial charge in [0.15, 0.2) is 0 Å². The average molecular weight is 290 g/mol. The first-order chi connectivity index (χ1) is 8.94. The molecule has 0 aromatic rings. The minimum Gasteiger partial charge on any atom is -0.298 e. The fraction of sp³-hybridized carbons (Fsp3) is 0.857. The minimum absolute atomic E-state index is 0.112. The van der Waals surface area contributed by atoms with Crippen LogP contribution in [0.1, 0.15) is 61.3 Å². The Morgan fingerprint density at radius 3 is 1.75 bits per heavy atom. The van der Waals surface area contributed by atoms with Gasteiger partial charge in [-0.2, -0.15) is 9.78 Å². The molecule has 0 fully saturated rings. The van der Waals surface area contributed by atoms with Crippen molar-refractivity contribution in [2.24, 2.45) is 5.92 Å². The summed E-state index contributed by atoms with van der Waals surface area (Å²) in [5.74, 6) is -1.82. The lowest BCUT2D eigenvalue weighted by Crippen LogP contribution is -2.28. The molecule has 0 spiro atoms. The molecular formula is C14H26O6. The number of rotatable bonds is 6. The van der Waals surface area contributed by atoms with Gasteiger partial charge in [-0.05, 0) is 48.0 Å². The van der Waals surface area contributed by atoms with Crippen molar-refractivity contribution < 1.29 is 29.1 Å².